The minimum absolute atomic E-state index is 0.178. The topological polar surface area (TPSA) is 26.7 Å². The molecule has 0 spiro atoms. The average molecular weight is 212 g/mol. The van der Waals surface area contributed by atoms with Gasteiger partial charge in [-0.3, -0.25) is 0 Å². The summed E-state index contributed by atoms with van der Waals surface area (Å²) < 4.78 is 0. The van der Waals surface area contributed by atoms with E-state index in [4.69, 9.17) is 0 Å². The lowest BCUT2D eigenvalue weighted by Gasteiger charge is -2.46. The molecule has 2 aliphatic rings. The van der Waals surface area contributed by atoms with Crippen LogP contribution in [0.2, 0.25) is 0 Å². The summed E-state index contributed by atoms with van der Waals surface area (Å²) in [5, 5.41) is 9.40. The maximum atomic E-state index is 9.40. The van der Waals surface area contributed by atoms with Crippen LogP contribution in [0.5, 0.6) is 0 Å². The Balaban J connectivity index is 1.88. The zero-order valence-electron chi connectivity index (χ0n) is 10.0. The van der Waals surface area contributed by atoms with Gasteiger partial charge in [0.25, 0.3) is 0 Å². The third-order valence-corrected chi connectivity index (χ3v) is 3.95. The molecule has 2 saturated heterocycles. The lowest BCUT2D eigenvalue weighted by molar-refractivity contribution is 0.0209. The molecule has 0 aromatic rings. The van der Waals surface area contributed by atoms with Gasteiger partial charge in [0.2, 0.25) is 0 Å². The number of hydrogen-bond acceptors (Lipinski definition) is 3. The van der Waals surface area contributed by atoms with Crippen molar-refractivity contribution < 1.29 is 5.11 Å². The molecule has 0 bridgehead atoms. The van der Waals surface area contributed by atoms with Gasteiger partial charge in [0, 0.05) is 19.1 Å². The number of aliphatic hydroxyl groups excluding tert-OH is 1. The normalized spacial score (nSPS) is 36.2. The molecule has 0 aromatic heterocycles. The summed E-state index contributed by atoms with van der Waals surface area (Å²) in [6.45, 7) is 6.37. The fourth-order valence-electron chi connectivity index (χ4n) is 3.27. The SMILES string of the molecule is CC(O)CN1CCC2C(CCCN2C)C1. The van der Waals surface area contributed by atoms with Crippen molar-refractivity contribution in [3.63, 3.8) is 0 Å². The van der Waals surface area contributed by atoms with Crippen molar-refractivity contribution in [3.05, 3.63) is 0 Å². The third-order valence-electron chi connectivity index (χ3n) is 3.95. The highest BCUT2D eigenvalue weighted by Crippen LogP contribution is 2.29. The second kappa shape index (κ2) is 4.81. The van der Waals surface area contributed by atoms with E-state index in [1.165, 1.54) is 32.4 Å². The van der Waals surface area contributed by atoms with Gasteiger partial charge in [-0.15, -0.1) is 0 Å². The minimum atomic E-state index is -0.178. The van der Waals surface area contributed by atoms with Gasteiger partial charge < -0.3 is 14.9 Å². The zero-order chi connectivity index (χ0) is 10.8. The summed E-state index contributed by atoms with van der Waals surface area (Å²) in [6, 6.07) is 0.809. The van der Waals surface area contributed by atoms with E-state index < -0.39 is 0 Å². The van der Waals surface area contributed by atoms with Crippen molar-refractivity contribution in [1.29, 1.82) is 0 Å². The highest BCUT2D eigenvalue weighted by atomic mass is 16.3. The molecule has 3 heteroatoms. The van der Waals surface area contributed by atoms with Crippen molar-refractivity contribution in [2.24, 2.45) is 5.92 Å². The molecule has 2 aliphatic heterocycles. The van der Waals surface area contributed by atoms with E-state index in [1.807, 2.05) is 6.92 Å². The summed E-state index contributed by atoms with van der Waals surface area (Å²) in [5.74, 6) is 0.844. The van der Waals surface area contributed by atoms with Crippen LogP contribution in [0.1, 0.15) is 26.2 Å². The fraction of sp³-hybridized carbons (Fsp3) is 1.00. The Kier molecular flexibility index (Phi) is 3.65. The molecular weight excluding hydrogens is 188 g/mol. The molecular formula is C12H24N2O. The molecule has 2 heterocycles. The van der Waals surface area contributed by atoms with Gasteiger partial charge >= 0.3 is 0 Å². The minimum Gasteiger partial charge on any atom is -0.392 e. The lowest BCUT2D eigenvalue weighted by atomic mass is 9.84. The molecule has 3 nitrogen and oxygen atoms in total. The lowest BCUT2D eigenvalue weighted by Crippen LogP contribution is -2.53. The largest absolute Gasteiger partial charge is 0.392 e. The van der Waals surface area contributed by atoms with Crippen molar-refractivity contribution in [3.8, 4) is 0 Å². The Bertz CT molecular complexity index is 208. The first-order valence-corrected chi connectivity index (χ1v) is 6.27. The van der Waals surface area contributed by atoms with E-state index in [2.05, 4.69) is 16.8 Å². The van der Waals surface area contributed by atoms with Crippen LogP contribution >= 0.6 is 0 Å². The van der Waals surface area contributed by atoms with Gasteiger partial charge in [-0.25, -0.2) is 0 Å². The van der Waals surface area contributed by atoms with Crippen LogP contribution in [-0.2, 0) is 0 Å². The molecule has 0 saturated carbocycles. The van der Waals surface area contributed by atoms with Crippen molar-refractivity contribution in [2.45, 2.75) is 38.3 Å². The van der Waals surface area contributed by atoms with E-state index >= 15 is 0 Å². The van der Waals surface area contributed by atoms with Crippen LogP contribution in [0.3, 0.4) is 0 Å². The highest BCUT2D eigenvalue weighted by molar-refractivity contribution is 4.89. The monoisotopic (exact) mass is 212 g/mol. The van der Waals surface area contributed by atoms with Crippen LogP contribution in [0, 0.1) is 5.92 Å². The van der Waals surface area contributed by atoms with Gasteiger partial charge in [-0.1, -0.05) is 0 Å². The first-order chi connectivity index (χ1) is 7.16. The number of nitrogens with zero attached hydrogens (tertiary/aromatic N) is 2. The molecule has 88 valence electrons. The molecule has 0 aromatic carbocycles. The molecule has 0 radical (unpaired) electrons. The Hall–Kier alpha value is -0.120. The maximum absolute atomic E-state index is 9.40. The summed E-state index contributed by atoms with van der Waals surface area (Å²) in [4.78, 5) is 4.97. The molecule has 2 fully saturated rings. The van der Waals surface area contributed by atoms with E-state index in [1.54, 1.807) is 0 Å². The second-order valence-corrected chi connectivity index (χ2v) is 5.35. The second-order valence-electron chi connectivity index (χ2n) is 5.35. The summed E-state index contributed by atoms with van der Waals surface area (Å²) in [6.07, 6.45) is 3.84. The highest BCUT2D eigenvalue weighted by Gasteiger charge is 2.34. The maximum Gasteiger partial charge on any atom is 0.0639 e. The Morgan fingerprint density at radius 3 is 2.87 bits per heavy atom. The predicted octanol–water partition coefficient (Wildman–Crippen LogP) is 0.783. The van der Waals surface area contributed by atoms with Crippen LogP contribution in [0.4, 0.5) is 0 Å². The van der Waals surface area contributed by atoms with Crippen molar-refractivity contribution >= 4 is 0 Å². The van der Waals surface area contributed by atoms with Gasteiger partial charge in [0.15, 0.2) is 0 Å². The van der Waals surface area contributed by atoms with E-state index in [0.717, 1.165) is 25.0 Å². The number of likely N-dealkylation sites (tertiary alicyclic amines) is 2. The summed E-state index contributed by atoms with van der Waals surface area (Å²) in [5.41, 5.74) is 0. The van der Waals surface area contributed by atoms with Crippen molar-refractivity contribution in [1.82, 2.24) is 9.80 Å². The van der Waals surface area contributed by atoms with E-state index in [9.17, 15) is 5.11 Å². The van der Waals surface area contributed by atoms with Crippen molar-refractivity contribution in [2.75, 3.05) is 33.2 Å². The number of aliphatic hydroxyl groups is 1. The standard InChI is InChI=1S/C12H24N2O/c1-10(15)8-14-7-5-12-11(9-14)4-3-6-13(12)2/h10-12,15H,3-9H2,1-2H3. The predicted molar refractivity (Wildman–Crippen MR) is 61.9 cm³/mol. The van der Waals surface area contributed by atoms with Gasteiger partial charge in [0.05, 0.1) is 6.10 Å². The molecule has 0 amide bonds. The first-order valence-electron chi connectivity index (χ1n) is 6.27. The molecule has 3 atom stereocenters. The van der Waals surface area contributed by atoms with Crippen LogP contribution < -0.4 is 0 Å². The fourth-order valence-corrected chi connectivity index (χ4v) is 3.27. The summed E-state index contributed by atoms with van der Waals surface area (Å²) >= 11 is 0. The Morgan fingerprint density at radius 2 is 2.13 bits per heavy atom. The smallest absolute Gasteiger partial charge is 0.0639 e. The molecule has 2 rings (SSSR count). The van der Waals surface area contributed by atoms with E-state index in [-0.39, 0.29) is 6.10 Å². The van der Waals surface area contributed by atoms with Crippen LogP contribution in [-0.4, -0.2) is 60.3 Å². The number of rotatable bonds is 2. The third kappa shape index (κ3) is 2.71. The first kappa shape index (κ1) is 11.4. The average Bonchev–Trinajstić information content (AvgIpc) is 2.17. The molecule has 3 unspecified atom stereocenters. The van der Waals surface area contributed by atoms with E-state index in [0.29, 0.717) is 0 Å². The summed E-state index contributed by atoms with van der Waals surface area (Å²) in [7, 11) is 2.27. The Labute approximate surface area is 93.1 Å². The number of hydrogen-bond donors (Lipinski definition) is 1. The molecule has 1 N–H and O–H groups in total. The van der Waals surface area contributed by atoms with Gasteiger partial charge in [0.1, 0.15) is 0 Å². The molecule has 15 heavy (non-hydrogen) atoms. The van der Waals surface area contributed by atoms with Crippen LogP contribution in [0.25, 0.3) is 0 Å². The Morgan fingerprint density at radius 1 is 1.33 bits per heavy atom. The van der Waals surface area contributed by atoms with Gasteiger partial charge in [-0.2, -0.15) is 0 Å². The zero-order valence-corrected chi connectivity index (χ0v) is 10.0. The number of piperidine rings is 2. The van der Waals surface area contributed by atoms with Gasteiger partial charge in [-0.05, 0) is 52.2 Å². The molecule has 0 aliphatic carbocycles. The quantitative estimate of drug-likeness (QED) is 0.733. The number of fused-ring (bicyclic) bond motifs is 1. The number of β-amino-alcohol motifs (C(OH)–C–C–N with tert-alkyl or cyclic N) is 1. The van der Waals surface area contributed by atoms with Crippen LogP contribution in [0.15, 0.2) is 0 Å².